The van der Waals surface area contributed by atoms with Crippen LogP contribution in [0.5, 0.6) is 5.75 Å². The molecule has 5 nitrogen and oxygen atoms in total. The topological polar surface area (TPSA) is 54.5 Å². The van der Waals surface area contributed by atoms with Crippen LogP contribution in [0.4, 0.5) is 11.4 Å². The molecule has 1 saturated heterocycles. The summed E-state index contributed by atoms with van der Waals surface area (Å²) in [5.74, 6) is 0.803. The van der Waals surface area contributed by atoms with E-state index in [9.17, 15) is 4.79 Å². The van der Waals surface area contributed by atoms with Crippen molar-refractivity contribution >= 4 is 17.3 Å². The summed E-state index contributed by atoms with van der Waals surface area (Å²) < 4.78 is 5.63. The van der Waals surface area contributed by atoms with E-state index in [2.05, 4.69) is 10.3 Å². The highest BCUT2D eigenvalue weighted by atomic mass is 16.5. The number of likely N-dealkylation sites (tertiary alicyclic amines) is 1. The highest BCUT2D eigenvalue weighted by Gasteiger charge is 2.19. The molecule has 0 radical (unpaired) electrons. The Morgan fingerprint density at radius 1 is 1.21 bits per heavy atom. The van der Waals surface area contributed by atoms with Gasteiger partial charge in [-0.15, -0.1) is 0 Å². The summed E-state index contributed by atoms with van der Waals surface area (Å²) in [5.41, 5.74) is 2.19. The van der Waals surface area contributed by atoms with E-state index in [0.29, 0.717) is 12.3 Å². The first-order valence-electron chi connectivity index (χ1n) is 8.52. The normalized spacial score (nSPS) is 14.3. The van der Waals surface area contributed by atoms with E-state index in [1.807, 2.05) is 42.2 Å². The van der Waals surface area contributed by atoms with Gasteiger partial charge in [-0.05, 0) is 50.5 Å². The predicted octanol–water partition coefficient (Wildman–Crippen LogP) is 3.85. The maximum atomic E-state index is 12.6. The van der Waals surface area contributed by atoms with Gasteiger partial charge in [0.1, 0.15) is 11.4 Å². The number of para-hydroxylation sites is 2. The highest BCUT2D eigenvalue weighted by molar-refractivity contribution is 5.93. The van der Waals surface area contributed by atoms with Gasteiger partial charge in [-0.25, -0.2) is 0 Å². The Labute approximate surface area is 142 Å². The number of rotatable bonds is 5. The summed E-state index contributed by atoms with van der Waals surface area (Å²) in [6.45, 7) is 4.21. The molecule has 5 heteroatoms. The van der Waals surface area contributed by atoms with Crippen molar-refractivity contribution in [3.63, 3.8) is 0 Å². The monoisotopic (exact) mass is 325 g/mol. The number of ether oxygens (including phenoxy) is 1. The second-order valence-electron chi connectivity index (χ2n) is 5.84. The van der Waals surface area contributed by atoms with Crippen molar-refractivity contribution in [2.45, 2.75) is 26.2 Å². The minimum atomic E-state index is 0.0106. The zero-order valence-corrected chi connectivity index (χ0v) is 14.0. The molecular weight excluding hydrogens is 302 g/mol. The van der Waals surface area contributed by atoms with E-state index >= 15 is 0 Å². The number of nitrogens with zero attached hydrogens (tertiary/aromatic N) is 2. The molecule has 1 N–H and O–H groups in total. The van der Waals surface area contributed by atoms with Crippen LogP contribution < -0.4 is 10.1 Å². The largest absolute Gasteiger partial charge is 0.492 e. The third-order valence-electron chi connectivity index (χ3n) is 4.09. The number of carbonyl (C=O) groups is 1. The SMILES string of the molecule is CCOc1ccccc1Nc1ccnc(C(=O)N2CCCCC2)c1. The van der Waals surface area contributed by atoms with E-state index in [-0.39, 0.29) is 5.91 Å². The summed E-state index contributed by atoms with van der Waals surface area (Å²) in [5, 5.41) is 3.32. The Bertz CT molecular complexity index is 697. The number of piperidine rings is 1. The van der Waals surface area contributed by atoms with Crippen molar-refractivity contribution in [1.29, 1.82) is 0 Å². The van der Waals surface area contributed by atoms with E-state index in [0.717, 1.165) is 43.1 Å². The molecule has 1 aromatic heterocycles. The van der Waals surface area contributed by atoms with Crippen molar-refractivity contribution in [3.8, 4) is 5.75 Å². The number of benzene rings is 1. The molecule has 1 amide bonds. The maximum Gasteiger partial charge on any atom is 0.272 e. The molecule has 0 atom stereocenters. The third-order valence-corrected chi connectivity index (χ3v) is 4.09. The average molecular weight is 325 g/mol. The Morgan fingerprint density at radius 3 is 2.79 bits per heavy atom. The molecule has 2 aromatic rings. The van der Waals surface area contributed by atoms with Crippen LogP contribution in [0.1, 0.15) is 36.7 Å². The van der Waals surface area contributed by atoms with Crippen LogP contribution in [0.15, 0.2) is 42.6 Å². The molecule has 3 rings (SSSR count). The fourth-order valence-corrected chi connectivity index (χ4v) is 2.89. The Balaban J connectivity index is 1.77. The summed E-state index contributed by atoms with van der Waals surface area (Å²) >= 11 is 0. The van der Waals surface area contributed by atoms with Crippen LogP contribution in [0.2, 0.25) is 0 Å². The van der Waals surface area contributed by atoms with Gasteiger partial charge in [0.25, 0.3) is 5.91 Å². The zero-order chi connectivity index (χ0) is 16.8. The molecule has 0 aliphatic carbocycles. The predicted molar refractivity (Wildman–Crippen MR) is 94.9 cm³/mol. The second kappa shape index (κ2) is 7.81. The van der Waals surface area contributed by atoms with E-state index in [1.165, 1.54) is 6.42 Å². The summed E-state index contributed by atoms with van der Waals surface area (Å²) in [7, 11) is 0. The van der Waals surface area contributed by atoms with Gasteiger partial charge in [-0.2, -0.15) is 0 Å². The van der Waals surface area contributed by atoms with Crippen LogP contribution >= 0.6 is 0 Å². The number of hydrogen-bond donors (Lipinski definition) is 1. The molecule has 0 unspecified atom stereocenters. The number of aromatic nitrogens is 1. The van der Waals surface area contributed by atoms with Crippen LogP contribution in [0.3, 0.4) is 0 Å². The Kier molecular flexibility index (Phi) is 5.31. The van der Waals surface area contributed by atoms with Crippen molar-refractivity contribution in [3.05, 3.63) is 48.3 Å². The lowest BCUT2D eigenvalue weighted by molar-refractivity contribution is 0.0718. The molecule has 2 heterocycles. The van der Waals surface area contributed by atoms with Crippen molar-refractivity contribution < 1.29 is 9.53 Å². The first kappa shape index (κ1) is 16.3. The van der Waals surface area contributed by atoms with Gasteiger partial charge in [0.2, 0.25) is 0 Å². The van der Waals surface area contributed by atoms with Crippen LogP contribution in [-0.4, -0.2) is 35.5 Å². The lowest BCUT2D eigenvalue weighted by atomic mass is 10.1. The summed E-state index contributed by atoms with van der Waals surface area (Å²) in [6, 6.07) is 11.4. The van der Waals surface area contributed by atoms with Gasteiger partial charge < -0.3 is 15.0 Å². The number of carbonyl (C=O) groups excluding carboxylic acids is 1. The molecule has 1 aliphatic heterocycles. The average Bonchev–Trinajstić information content (AvgIpc) is 2.64. The quantitative estimate of drug-likeness (QED) is 0.907. The van der Waals surface area contributed by atoms with E-state index < -0.39 is 0 Å². The first-order chi connectivity index (χ1) is 11.8. The Hall–Kier alpha value is -2.56. The lowest BCUT2D eigenvalue weighted by Gasteiger charge is -2.26. The summed E-state index contributed by atoms with van der Waals surface area (Å²) in [6.07, 6.45) is 5.02. The fraction of sp³-hybridized carbons (Fsp3) is 0.368. The number of amides is 1. The molecule has 0 bridgehead atoms. The minimum absolute atomic E-state index is 0.0106. The van der Waals surface area contributed by atoms with Gasteiger partial charge in [0.05, 0.1) is 12.3 Å². The van der Waals surface area contributed by atoms with Crippen molar-refractivity contribution in [2.75, 3.05) is 25.0 Å². The number of hydrogen-bond acceptors (Lipinski definition) is 4. The van der Waals surface area contributed by atoms with Crippen LogP contribution in [0.25, 0.3) is 0 Å². The number of anilines is 2. The van der Waals surface area contributed by atoms with Gasteiger partial charge in [0.15, 0.2) is 0 Å². The fourth-order valence-electron chi connectivity index (χ4n) is 2.89. The standard InChI is InChI=1S/C19H23N3O2/c1-2-24-18-9-5-4-8-16(18)21-15-10-11-20-17(14-15)19(23)22-12-6-3-7-13-22/h4-5,8-11,14H,2-3,6-7,12-13H2,1H3,(H,20,21). The lowest BCUT2D eigenvalue weighted by Crippen LogP contribution is -2.36. The number of pyridine rings is 1. The zero-order valence-electron chi connectivity index (χ0n) is 14.0. The first-order valence-corrected chi connectivity index (χ1v) is 8.52. The molecule has 1 aromatic carbocycles. The molecule has 1 aliphatic rings. The minimum Gasteiger partial charge on any atom is -0.492 e. The van der Waals surface area contributed by atoms with Crippen LogP contribution in [-0.2, 0) is 0 Å². The highest BCUT2D eigenvalue weighted by Crippen LogP contribution is 2.27. The van der Waals surface area contributed by atoms with Gasteiger partial charge in [-0.1, -0.05) is 12.1 Å². The van der Waals surface area contributed by atoms with Crippen molar-refractivity contribution in [2.24, 2.45) is 0 Å². The smallest absolute Gasteiger partial charge is 0.272 e. The Morgan fingerprint density at radius 2 is 2.00 bits per heavy atom. The third kappa shape index (κ3) is 3.85. The summed E-state index contributed by atoms with van der Waals surface area (Å²) in [4.78, 5) is 18.7. The number of nitrogens with one attached hydrogen (secondary N) is 1. The van der Waals surface area contributed by atoms with Gasteiger partial charge >= 0.3 is 0 Å². The molecule has 1 fully saturated rings. The van der Waals surface area contributed by atoms with Crippen molar-refractivity contribution in [1.82, 2.24) is 9.88 Å². The van der Waals surface area contributed by atoms with Gasteiger partial charge in [-0.3, -0.25) is 9.78 Å². The van der Waals surface area contributed by atoms with Gasteiger partial charge in [0, 0.05) is 25.0 Å². The van der Waals surface area contributed by atoms with E-state index in [1.54, 1.807) is 12.3 Å². The van der Waals surface area contributed by atoms with Crippen LogP contribution in [0, 0.1) is 0 Å². The molecule has 24 heavy (non-hydrogen) atoms. The molecular formula is C19H23N3O2. The molecule has 0 saturated carbocycles. The molecule has 126 valence electrons. The second-order valence-corrected chi connectivity index (χ2v) is 5.84. The van der Waals surface area contributed by atoms with E-state index in [4.69, 9.17) is 4.74 Å². The molecule has 0 spiro atoms. The maximum absolute atomic E-state index is 12.6.